The van der Waals surface area contributed by atoms with E-state index in [1.807, 2.05) is 0 Å². The van der Waals surface area contributed by atoms with Gasteiger partial charge in [-0.15, -0.1) is 0 Å². The van der Waals surface area contributed by atoms with E-state index in [1.54, 1.807) is 0 Å². The number of rotatable bonds is 0. The van der Waals surface area contributed by atoms with Crippen molar-refractivity contribution in [3.05, 3.63) is 0 Å². The lowest BCUT2D eigenvalue weighted by Crippen LogP contribution is -2.18. The Kier molecular flexibility index (Phi) is 16.9. The summed E-state index contributed by atoms with van der Waals surface area (Å²) < 4.78 is 0. The van der Waals surface area contributed by atoms with Gasteiger partial charge < -0.3 is 29.1 Å². The summed E-state index contributed by atoms with van der Waals surface area (Å²) in [4.78, 5) is 18.0. The van der Waals surface area contributed by atoms with Crippen molar-refractivity contribution in [2.75, 3.05) is 0 Å². The van der Waals surface area contributed by atoms with E-state index in [0.29, 0.717) is 0 Å². The molecule has 0 aliphatic rings. The Bertz CT molecular complexity index is 71.0. The Labute approximate surface area is 51.9 Å². The largest absolute Gasteiger partial charge is 0.352 e. The van der Waals surface area contributed by atoms with Gasteiger partial charge in [0.15, 0.2) is 0 Å². The first-order valence-corrected chi connectivity index (χ1v) is 1.56. The van der Waals surface area contributed by atoms with E-state index in [0.717, 1.165) is 0 Å². The van der Waals surface area contributed by atoms with E-state index < -0.39 is 12.1 Å². The normalized spacial score (nSPS) is 5.33. The Morgan fingerprint density at radius 2 is 0.778 bits per heavy atom. The van der Waals surface area contributed by atoms with E-state index in [-0.39, 0.29) is 6.15 Å². The van der Waals surface area contributed by atoms with Gasteiger partial charge >= 0.3 is 12.1 Å². The summed E-state index contributed by atoms with van der Waals surface area (Å²) in [5.41, 5.74) is 17.0. The number of nitrogens with two attached hydrogens (primary N) is 4. The van der Waals surface area contributed by atoms with Crippen LogP contribution in [0, 0.1) is 0 Å². The quantitative estimate of drug-likeness (QED) is 0.265. The van der Waals surface area contributed by atoms with Crippen LogP contribution in [0.5, 0.6) is 0 Å². The third-order valence-electron chi connectivity index (χ3n) is 0. The minimum atomic E-state index is -0.833. The van der Waals surface area contributed by atoms with Gasteiger partial charge in [0.05, 0.1) is 0 Å². The minimum Gasteiger partial charge on any atom is -0.352 e. The highest BCUT2D eigenvalue weighted by Gasteiger charge is 1.61. The second-order valence-corrected chi connectivity index (χ2v) is 0.805. The molecule has 0 unspecified atom stereocenters. The van der Waals surface area contributed by atoms with Crippen molar-refractivity contribution in [1.82, 2.24) is 6.15 Å². The molecule has 0 aliphatic heterocycles. The molecule has 0 fully saturated rings. The zero-order valence-corrected chi connectivity index (χ0v) is 4.83. The summed E-state index contributed by atoms with van der Waals surface area (Å²) >= 11 is 0. The second-order valence-electron chi connectivity index (χ2n) is 0.805. The molecule has 7 heteroatoms. The fourth-order valence-electron chi connectivity index (χ4n) is 0. The Morgan fingerprint density at radius 3 is 0.778 bits per heavy atom. The molecule has 0 atom stereocenters. The Morgan fingerprint density at radius 1 is 0.778 bits per heavy atom. The van der Waals surface area contributed by atoms with Crippen LogP contribution in [0.2, 0.25) is 0 Å². The molecule has 0 aromatic heterocycles. The minimum absolute atomic E-state index is 0. The molecule has 0 aromatic carbocycles. The van der Waals surface area contributed by atoms with Crippen molar-refractivity contribution in [2.45, 2.75) is 0 Å². The maximum absolute atomic E-state index is 9.00. The lowest BCUT2D eigenvalue weighted by Gasteiger charge is -1.62. The van der Waals surface area contributed by atoms with Crippen molar-refractivity contribution in [2.24, 2.45) is 22.9 Å². The SMILES string of the molecule is N.NC(N)=O.NC(N)=O. The predicted octanol–water partition coefficient (Wildman–Crippen LogP) is -1.79. The fourth-order valence-corrected chi connectivity index (χ4v) is 0. The van der Waals surface area contributed by atoms with E-state index in [2.05, 4.69) is 22.9 Å². The van der Waals surface area contributed by atoms with Crippen LogP contribution in [0.1, 0.15) is 0 Å². The Balaban J connectivity index is -0.0000000720. The number of hydrogen-bond acceptors (Lipinski definition) is 3. The summed E-state index contributed by atoms with van der Waals surface area (Å²) in [6.45, 7) is 0. The topological polar surface area (TPSA) is 173 Å². The average molecular weight is 137 g/mol. The van der Waals surface area contributed by atoms with Crippen LogP contribution in [-0.4, -0.2) is 12.1 Å². The van der Waals surface area contributed by atoms with Crippen molar-refractivity contribution >= 4 is 12.1 Å². The van der Waals surface area contributed by atoms with Crippen molar-refractivity contribution in [3.63, 3.8) is 0 Å². The van der Waals surface area contributed by atoms with Crippen LogP contribution < -0.4 is 29.1 Å². The van der Waals surface area contributed by atoms with E-state index in [4.69, 9.17) is 9.59 Å². The van der Waals surface area contributed by atoms with Crippen molar-refractivity contribution in [3.8, 4) is 0 Å². The first-order chi connectivity index (χ1) is 3.46. The lowest BCUT2D eigenvalue weighted by atomic mass is 11.2. The first kappa shape index (κ1) is 15.6. The van der Waals surface area contributed by atoms with Gasteiger partial charge in [0.2, 0.25) is 0 Å². The average Bonchev–Trinajstić information content (AvgIpc) is 1.25. The zero-order valence-electron chi connectivity index (χ0n) is 4.83. The summed E-state index contributed by atoms with van der Waals surface area (Å²) in [6.07, 6.45) is 0. The molecular formula is C2H11N5O2. The summed E-state index contributed by atoms with van der Waals surface area (Å²) in [5, 5.41) is 0. The predicted molar refractivity (Wildman–Crippen MR) is 32.6 cm³/mol. The molecular weight excluding hydrogens is 126 g/mol. The summed E-state index contributed by atoms with van der Waals surface area (Å²) in [6, 6.07) is -1.67. The van der Waals surface area contributed by atoms with Crippen LogP contribution in [0.3, 0.4) is 0 Å². The second kappa shape index (κ2) is 9.71. The molecule has 56 valence electrons. The fraction of sp³-hybridized carbons (Fsp3) is 0. The molecule has 0 radical (unpaired) electrons. The van der Waals surface area contributed by atoms with Crippen LogP contribution in [0.15, 0.2) is 0 Å². The molecule has 0 bridgehead atoms. The Hall–Kier alpha value is -1.50. The van der Waals surface area contributed by atoms with E-state index >= 15 is 0 Å². The standard InChI is InChI=1S/2CH4N2O.H3N/c2*2-1(3)4;/h2*(H4,2,3,4);1H3. The van der Waals surface area contributed by atoms with Crippen LogP contribution in [0.25, 0.3) is 0 Å². The van der Waals surface area contributed by atoms with Crippen LogP contribution >= 0.6 is 0 Å². The summed E-state index contributed by atoms with van der Waals surface area (Å²) in [5.74, 6) is 0. The molecule has 4 amide bonds. The number of urea groups is 2. The number of carbonyl (C=O) groups excluding carboxylic acids is 2. The monoisotopic (exact) mass is 137 g/mol. The maximum atomic E-state index is 9.00. The van der Waals surface area contributed by atoms with Crippen LogP contribution in [0.4, 0.5) is 9.59 Å². The lowest BCUT2D eigenvalue weighted by molar-refractivity contribution is 0.255. The van der Waals surface area contributed by atoms with Gasteiger partial charge in [0, 0.05) is 0 Å². The molecule has 7 nitrogen and oxygen atoms in total. The van der Waals surface area contributed by atoms with Gasteiger partial charge in [-0.05, 0) is 0 Å². The van der Waals surface area contributed by atoms with Gasteiger partial charge in [0.25, 0.3) is 0 Å². The highest BCUT2D eigenvalue weighted by molar-refractivity contribution is 5.69. The van der Waals surface area contributed by atoms with Gasteiger partial charge in [-0.2, -0.15) is 0 Å². The van der Waals surface area contributed by atoms with Gasteiger partial charge in [0.1, 0.15) is 0 Å². The molecule has 0 aliphatic carbocycles. The molecule has 9 heavy (non-hydrogen) atoms. The molecule has 0 spiro atoms. The van der Waals surface area contributed by atoms with E-state index in [1.165, 1.54) is 0 Å². The van der Waals surface area contributed by atoms with Crippen molar-refractivity contribution < 1.29 is 9.59 Å². The highest BCUT2D eigenvalue weighted by Crippen LogP contribution is 1.26. The summed E-state index contributed by atoms with van der Waals surface area (Å²) in [7, 11) is 0. The third-order valence-corrected chi connectivity index (χ3v) is 0. The zero-order chi connectivity index (χ0) is 7.15. The van der Waals surface area contributed by atoms with Gasteiger partial charge in [-0.25, -0.2) is 9.59 Å². The van der Waals surface area contributed by atoms with Crippen LogP contribution in [-0.2, 0) is 0 Å². The highest BCUT2D eigenvalue weighted by atomic mass is 16.2. The molecule has 0 aromatic rings. The number of carbonyl (C=O) groups is 2. The molecule has 0 rings (SSSR count). The number of amides is 4. The first-order valence-electron chi connectivity index (χ1n) is 1.56. The maximum Gasteiger partial charge on any atom is 0.309 e. The molecule has 11 N–H and O–H groups in total. The third kappa shape index (κ3) is 58.5. The smallest absolute Gasteiger partial charge is 0.309 e. The molecule has 0 saturated carbocycles. The molecule has 0 heterocycles. The molecule has 0 saturated heterocycles. The van der Waals surface area contributed by atoms with Gasteiger partial charge in [-0.1, -0.05) is 0 Å². The number of hydrogen-bond donors (Lipinski definition) is 5. The van der Waals surface area contributed by atoms with Crippen molar-refractivity contribution in [1.29, 1.82) is 0 Å². The number of primary amides is 4. The van der Waals surface area contributed by atoms with E-state index in [9.17, 15) is 0 Å². The van der Waals surface area contributed by atoms with Gasteiger partial charge in [-0.3, -0.25) is 0 Å².